The molecule has 2 rings (SSSR count). The number of carbonyl (C=O) groups is 1. The first-order valence-corrected chi connectivity index (χ1v) is 8.84. The van der Waals surface area contributed by atoms with Gasteiger partial charge in [-0.05, 0) is 24.1 Å². The minimum Gasteiger partial charge on any atom is -0.325 e. The van der Waals surface area contributed by atoms with Crippen LogP contribution in [-0.2, 0) is 21.1 Å². The number of hydrogen-bond donors (Lipinski definition) is 1. The Kier molecular flexibility index (Phi) is 5.24. The highest BCUT2D eigenvalue weighted by Gasteiger charge is 2.10. The molecule has 1 aromatic heterocycles. The van der Waals surface area contributed by atoms with Gasteiger partial charge in [0.1, 0.15) is 0 Å². The number of non-ortho nitro benzene ring substituents is 1. The van der Waals surface area contributed by atoms with Crippen LogP contribution in [0.5, 0.6) is 0 Å². The Bertz CT molecular complexity index is 863. The van der Waals surface area contributed by atoms with Crippen LogP contribution in [0.1, 0.15) is 12.0 Å². The van der Waals surface area contributed by atoms with Crippen molar-refractivity contribution in [3.8, 4) is 0 Å². The average Bonchev–Trinajstić information content (AvgIpc) is 2.53. The zero-order valence-corrected chi connectivity index (χ0v) is 13.6. The van der Waals surface area contributed by atoms with Crippen molar-refractivity contribution in [2.45, 2.75) is 17.9 Å². The molecule has 0 unspecified atom stereocenters. The molecule has 0 spiro atoms. The van der Waals surface area contributed by atoms with Crippen molar-refractivity contribution in [3.05, 3.63) is 58.3 Å². The average molecular weight is 349 g/mol. The van der Waals surface area contributed by atoms with Gasteiger partial charge in [-0.25, -0.2) is 13.4 Å². The summed E-state index contributed by atoms with van der Waals surface area (Å²) in [5.41, 5.74) is 1.05. The number of aromatic nitrogens is 1. The number of sulfone groups is 1. The van der Waals surface area contributed by atoms with Crippen molar-refractivity contribution in [2.24, 2.45) is 0 Å². The number of benzene rings is 1. The molecular weight excluding hydrogens is 334 g/mol. The summed E-state index contributed by atoms with van der Waals surface area (Å²) in [5, 5.41) is 13.2. The van der Waals surface area contributed by atoms with Gasteiger partial charge in [0.05, 0.1) is 16.8 Å². The quantitative estimate of drug-likeness (QED) is 0.629. The molecule has 9 heteroatoms. The Labute approximate surface area is 138 Å². The SMILES string of the molecule is CS(=O)(=O)c1ccc(NC(=O)CCc2cccc([N+](=O)[O-])c2)cn1. The van der Waals surface area contributed by atoms with Crippen LogP contribution in [-0.4, -0.2) is 30.5 Å². The summed E-state index contributed by atoms with van der Waals surface area (Å²) in [6.07, 6.45) is 2.80. The summed E-state index contributed by atoms with van der Waals surface area (Å²) in [5.74, 6) is -0.296. The minimum absolute atomic E-state index is 0.0199. The van der Waals surface area contributed by atoms with Crippen molar-refractivity contribution in [1.29, 1.82) is 0 Å². The van der Waals surface area contributed by atoms with Crippen LogP contribution < -0.4 is 5.32 Å². The molecule has 0 saturated heterocycles. The Morgan fingerprint density at radius 3 is 2.62 bits per heavy atom. The third-order valence-corrected chi connectivity index (χ3v) is 4.16. The first-order chi connectivity index (χ1) is 11.3. The summed E-state index contributed by atoms with van der Waals surface area (Å²) >= 11 is 0. The van der Waals surface area contributed by atoms with E-state index in [1.54, 1.807) is 12.1 Å². The van der Waals surface area contributed by atoms with Crippen LogP contribution in [0.3, 0.4) is 0 Å². The highest BCUT2D eigenvalue weighted by Crippen LogP contribution is 2.15. The molecule has 1 N–H and O–H groups in total. The number of carbonyl (C=O) groups excluding carboxylic acids is 1. The van der Waals surface area contributed by atoms with Gasteiger partial charge >= 0.3 is 0 Å². The number of hydrogen-bond acceptors (Lipinski definition) is 6. The van der Waals surface area contributed by atoms with Crippen molar-refractivity contribution in [3.63, 3.8) is 0 Å². The monoisotopic (exact) mass is 349 g/mol. The molecule has 2 aromatic rings. The van der Waals surface area contributed by atoms with Crippen molar-refractivity contribution in [1.82, 2.24) is 4.98 Å². The molecule has 0 saturated carbocycles. The van der Waals surface area contributed by atoms with Crippen molar-refractivity contribution in [2.75, 3.05) is 11.6 Å². The topological polar surface area (TPSA) is 119 Å². The first kappa shape index (κ1) is 17.5. The van der Waals surface area contributed by atoms with Gasteiger partial charge in [-0.15, -0.1) is 0 Å². The second-order valence-electron chi connectivity index (χ2n) is 5.13. The molecule has 0 aliphatic heterocycles. The molecule has 0 radical (unpaired) electrons. The highest BCUT2D eigenvalue weighted by atomic mass is 32.2. The van der Waals surface area contributed by atoms with Gasteiger partial charge in [0.15, 0.2) is 14.9 Å². The summed E-state index contributed by atoms with van der Waals surface area (Å²) in [4.78, 5) is 25.9. The molecule has 0 aliphatic carbocycles. The maximum absolute atomic E-state index is 11.9. The van der Waals surface area contributed by atoms with E-state index in [1.165, 1.54) is 30.5 Å². The van der Waals surface area contributed by atoms with Gasteiger partial charge in [0, 0.05) is 24.8 Å². The maximum atomic E-state index is 11.9. The fraction of sp³-hybridized carbons (Fsp3) is 0.200. The number of nitro benzene ring substituents is 1. The minimum atomic E-state index is -3.38. The Morgan fingerprint density at radius 1 is 1.29 bits per heavy atom. The van der Waals surface area contributed by atoms with Gasteiger partial charge in [0.25, 0.3) is 5.69 Å². The lowest BCUT2D eigenvalue weighted by atomic mass is 10.1. The van der Waals surface area contributed by atoms with E-state index in [9.17, 15) is 23.3 Å². The summed E-state index contributed by atoms with van der Waals surface area (Å²) in [7, 11) is -3.38. The number of nitrogens with one attached hydrogen (secondary N) is 1. The molecule has 0 atom stereocenters. The van der Waals surface area contributed by atoms with Gasteiger partial charge < -0.3 is 5.32 Å². The maximum Gasteiger partial charge on any atom is 0.269 e. The van der Waals surface area contributed by atoms with E-state index in [0.29, 0.717) is 17.7 Å². The van der Waals surface area contributed by atoms with Crippen LogP contribution in [0.25, 0.3) is 0 Å². The number of anilines is 1. The van der Waals surface area contributed by atoms with Crippen LogP contribution >= 0.6 is 0 Å². The number of nitro groups is 1. The third kappa shape index (κ3) is 4.85. The fourth-order valence-electron chi connectivity index (χ4n) is 1.98. The smallest absolute Gasteiger partial charge is 0.269 e. The fourth-order valence-corrected chi connectivity index (χ4v) is 2.54. The van der Waals surface area contributed by atoms with Crippen molar-refractivity contribution < 1.29 is 18.1 Å². The standard InChI is InChI=1S/C15H15N3O5S/c1-24(22,23)15-8-6-12(10-16-15)17-14(19)7-5-11-3-2-4-13(9-11)18(20)21/h2-4,6,8-10H,5,7H2,1H3,(H,17,19). The predicted molar refractivity (Wildman–Crippen MR) is 87.4 cm³/mol. The molecule has 0 bridgehead atoms. The van der Waals surface area contributed by atoms with Crippen LogP contribution in [0.4, 0.5) is 11.4 Å². The van der Waals surface area contributed by atoms with E-state index in [1.807, 2.05) is 0 Å². The normalized spacial score (nSPS) is 11.0. The van der Waals surface area contributed by atoms with E-state index in [-0.39, 0.29) is 23.0 Å². The number of rotatable bonds is 6. The zero-order valence-electron chi connectivity index (χ0n) is 12.8. The Balaban J connectivity index is 1.94. The van der Waals surface area contributed by atoms with Gasteiger partial charge in [-0.1, -0.05) is 12.1 Å². The molecule has 1 aromatic carbocycles. The molecular formula is C15H15N3O5S. The highest BCUT2D eigenvalue weighted by molar-refractivity contribution is 7.90. The number of pyridine rings is 1. The molecule has 8 nitrogen and oxygen atoms in total. The number of nitrogens with zero attached hydrogens (tertiary/aromatic N) is 2. The van der Waals surface area contributed by atoms with Gasteiger partial charge in [-0.3, -0.25) is 14.9 Å². The lowest BCUT2D eigenvalue weighted by Gasteiger charge is -2.06. The largest absolute Gasteiger partial charge is 0.325 e. The zero-order chi connectivity index (χ0) is 17.7. The molecule has 1 amide bonds. The molecule has 126 valence electrons. The molecule has 0 aliphatic rings. The van der Waals surface area contributed by atoms with E-state index < -0.39 is 14.8 Å². The second-order valence-corrected chi connectivity index (χ2v) is 7.10. The lowest BCUT2D eigenvalue weighted by molar-refractivity contribution is -0.384. The predicted octanol–water partition coefficient (Wildman–Crippen LogP) is 1.96. The van der Waals surface area contributed by atoms with Crippen molar-refractivity contribution >= 4 is 27.1 Å². The molecule has 1 heterocycles. The van der Waals surface area contributed by atoms with Crippen LogP contribution in [0, 0.1) is 10.1 Å². The van der Waals surface area contributed by atoms with Crippen LogP contribution in [0.15, 0.2) is 47.6 Å². The summed E-state index contributed by atoms with van der Waals surface area (Å²) in [6, 6.07) is 8.86. The van der Waals surface area contributed by atoms with Gasteiger partial charge in [-0.2, -0.15) is 0 Å². The number of aryl methyl sites for hydroxylation is 1. The number of amides is 1. The summed E-state index contributed by atoms with van der Waals surface area (Å²) < 4.78 is 22.6. The molecule has 0 fully saturated rings. The van der Waals surface area contributed by atoms with E-state index >= 15 is 0 Å². The van der Waals surface area contributed by atoms with E-state index in [4.69, 9.17) is 0 Å². The molecule has 24 heavy (non-hydrogen) atoms. The van der Waals surface area contributed by atoms with Crippen LogP contribution in [0.2, 0.25) is 0 Å². The second kappa shape index (κ2) is 7.18. The van der Waals surface area contributed by atoms with E-state index in [2.05, 4.69) is 10.3 Å². The third-order valence-electron chi connectivity index (χ3n) is 3.16. The Morgan fingerprint density at radius 2 is 2.04 bits per heavy atom. The first-order valence-electron chi connectivity index (χ1n) is 6.95. The lowest BCUT2D eigenvalue weighted by Crippen LogP contribution is -2.13. The Hall–Kier alpha value is -2.81. The van der Waals surface area contributed by atoms with Gasteiger partial charge in [0.2, 0.25) is 5.91 Å². The summed E-state index contributed by atoms with van der Waals surface area (Å²) in [6.45, 7) is 0. The van der Waals surface area contributed by atoms with E-state index in [0.717, 1.165) is 6.26 Å².